The molecule has 1 aliphatic carbocycles. The molecule has 2 aliphatic heterocycles. The van der Waals surface area contributed by atoms with E-state index in [0.29, 0.717) is 16.4 Å². The van der Waals surface area contributed by atoms with Crippen LogP contribution in [0.5, 0.6) is 0 Å². The van der Waals surface area contributed by atoms with E-state index in [1.54, 1.807) is 0 Å². The van der Waals surface area contributed by atoms with E-state index < -0.39 is 5.66 Å². The summed E-state index contributed by atoms with van der Waals surface area (Å²) in [7, 11) is 0. The third-order valence-electron chi connectivity index (χ3n) is 9.34. The highest BCUT2D eigenvalue weighted by Crippen LogP contribution is 2.47. The van der Waals surface area contributed by atoms with Gasteiger partial charge < -0.3 is 21.1 Å². The monoisotopic (exact) mass is 530 g/mol. The van der Waals surface area contributed by atoms with E-state index in [2.05, 4.69) is 74.0 Å². The van der Waals surface area contributed by atoms with Crippen LogP contribution in [0.3, 0.4) is 0 Å². The molecule has 202 valence electrons. The molecule has 2 heterocycles. The minimum Gasteiger partial charge on any atom is -0.506 e. The fraction of sp³-hybridized carbons (Fsp3) is 0.294. The number of hydrogen-bond acceptors (Lipinski definition) is 6. The second-order valence-electron chi connectivity index (χ2n) is 11.2. The first-order chi connectivity index (χ1) is 19.4. The molecule has 0 fully saturated rings. The summed E-state index contributed by atoms with van der Waals surface area (Å²) in [6.07, 6.45) is 3.34. The van der Waals surface area contributed by atoms with Gasteiger partial charge in [-0.1, -0.05) is 76.2 Å². The molecule has 6 heteroatoms. The van der Waals surface area contributed by atoms with Crippen LogP contribution in [0.25, 0.3) is 32.7 Å². The number of ketones is 1. The molecule has 0 saturated carbocycles. The van der Waals surface area contributed by atoms with Gasteiger partial charge in [0.25, 0.3) is 0 Å². The van der Waals surface area contributed by atoms with Gasteiger partial charge in [0.1, 0.15) is 17.1 Å². The number of nitrogens with zero attached hydrogens (tertiary/aromatic N) is 1. The number of anilines is 3. The van der Waals surface area contributed by atoms with Crippen LogP contribution in [0, 0.1) is 0 Å². The van der Waals surface area contributed by atoms with Crippen molar-refractivity contribution in [3.05, 3.63) is 82.6 Å². The summed E-state index contributed by atoms with van der Waals surface area (Å²) in [5, 5.41) is 28.3. The summed E-state index contributed by atoms with van der Waals surface area (Å²) in [6.45, 7) is 8.55. The average Bonchev–Trinajstić information content (AvgIpc) is 2.99. The summed E-state index contributed by atoms with van der Waals surface area (Å²) in [5.74, 6) is -0.109. The molecule has 0 bridgehead atoms. The van der Waals surface area contributed by atoms with Crippen molar-refractivity contribution in [2.75, 3.05) is 16.0 Å². The number of carbonyl (C=O) groups excluding carboxylic acids is 1. The van der Waals surface area contributed by atoms with Crippen LogP contribution >= 0.6 is 0 Å². The average molecular weight is 531 g/mol. The normalized spacial score (nSPS) is 19.4. The molecule has 7 rings (SSSR count). The Balaban J connectivity index is 1.50. The number of nitrogens with one attached hydrogen (secondary N) is 3. The third kappa shape index (κ3) is 3.22. The van der Waals surface area contributed by atoms with Gasteiger partial charge in [-0.15, -0.1) is 0 Å². The Labute approximate surface area is 233 Å². The highest BCUT2D eigenvalue weighted by Gasteiger charge is 2.40. The zero-order chi connectivity index (χ0) is 27.8. The van der Waals surface area contributed by atoms with Crippen molar-refractivity contribution in [3.63, 3.8) is 0 Å². The van der Waals surface area contributed by atoms with Gasteiger partial charge >= 0.3 is 0 Å². The third-order valence-corrected chi connectivity index (χ3v) is 9.34. The zero-order valence-electron chi connectivity index (χ0n) is 23.4. The molecule has 40 heavy (non-hydrogen) atoms. The van der Waals surface area contributed by atoms with Crippen molar-refractivity contribution in [2.24, 2.45) is 4.99 Å². The second-order valence-corrected chi connectivity index (χ2v) is 11.2. The largest absolute Gasteiger partial charge is 0.506 e. The van der Waals surface area contributed by atoms with E-state index in [0.717, 1.165) is 75.2 Å². The van der Waals surface area contributed by atoms with Crippen LogP contribution in [-0.4, -0.2) is 22.2 Å². The lowest BCUT2D eigenvalue weighted by molar-refractivity contribution is -0.109. The minimum absolute atomic E-state index is 0.0393. The molecule has 0 spiro atoms. The highest BCUT2D eigenvalue weighted by atomic mass is 16.3. The van der Waals surface area contributed by atoms with E-state index in [1.165, 1.54) is 0 Å². The first-order valence-electron chi connectivity index (χ1n) is 14.4. The van der Waals surface area contributed by atoms with E-state index in [-0.39, 0.29) is 17.2 Å². The second kappa shape index (κ2) is 8.59. The molecule has 4 N–H and O–H groups in total. The lowest BCUT2D eigenvalue weighted by Gasteiger charge is -2.41. The Morgan fingerprint density at radius 2 is 1.38 bits per heavy atom. The first-order valence-corrected chi connectivity index (χ1v) is 14.4. The quantitative estimate of drug-likeness (QED) is 0.233. The van der Waals surface area contributed by atoms with Gasteiger partial charge in [0, 0.05) is 32.9 Å². The highest BCUT2D eigenvalue weighted by molar-refractivity contribution is 6.52. The van der Waals surface area contributed by atoms with Gasteiger partial charge in [0.2, 0.25) is 5.78 Å². The fourth-order valence-electron chi connectivity index (χ4n) is 6.72. The van der Waals surface area contributed by atoms with Gasteiger partial charge in [-0.25, -0.2) is 0 Å². The van der Waals surface area contributed by atoms with Crippen LogP contribution in [-0.2, 0) is 4.79 Å². The van der Waals surface area contributed by atoms with E-state index >= 15 is 0 Å². The maximum Gasteiger partial charge on any atom is 0.201 e. The number of aliphatic hydroxyl groups excluding tert-OH is 1. The van der Waals surface area contributed by atoms with Crippen LogP contribution < -0.4 is 26.5 Å². The van der Waals surface area contributed by atoms with Crippen molar-refractivity contribution in [1.82, 2.24) is 0 Å². The number of allylic oxidation sites excluding steroid dienone is 2. The lowest BCUT2D eigenvalue weighted by Crippen LogP contribution is -2.47. The Hall–Kier alpha value is -4.32. The summed E-state index contributed by atoms with van der Waals surface area (Å²) in [4.78, 5) is 19.2. The molecule has 6 nitrogen and oxygen atoms in total. The van der Waals surface area contributed by atoms with Crippen molar-refractivity contribution in [1.29, 1.82) is 0 Å². The van der Waals surface area contributed by atoms with Crippen molar-refractivity contribution < 1.29 is 9.90 Å². The van der Waals surface area contributed by atoms with Crippen LogP contribution in [0.1, 0.15) is 58.9 Å². The summed E-state index contributed by atoms with van der Waals surface area (Å²) >= 11 is 0. The lowest BCUT2D eigenvalue weighted by atomic mass is 9.79. The van der Waals surface area contributed by atoms with Crippen LogP contribution in [0.15, 0.2) is 71.4 Å². The molecule has 0 aromatic heterocycles. The minimum atomic E-state index is -0.452. The van der Waals surface area contributed by atoms with Gasteiger partial charge in [-0.2, -0.15) is 0 Å². The van der Waals surface area contributed by atoms with Gasteiger partial charge in [0.05, 0.1) is 22.2 Å². The van der Waals surface area contributed by atoms with Crippen LogP contribution in [0.4, 0.5) is 17.1 Å². The van der Waals surface area contributed by atoms with Gasteiger partial charge in [-0.3, -0.25) is 9.79 Å². The summed E-state index contributed by atoms with van der Waals surface area (Å²) in [5.41, 5.74) is 3.63. The molecule has 0 radical (unpaired) electrons. The first kappa shape index (κ1) is 24.7. The van der Waals surface area contributed by atoms with E-state index in [1.807, 2.05) is 30.3 Å². The standard InChI is InChI=1S/C34H34N4O2/c1-5-33(6-2)35-23-13-9-11-19-15-17-21(29(37-33)25(19)23)27-31(39)28(32(27)40)22-18-16-20-12-10-14-24-26(20)30(22)38-34(7-3,8-4)36-24/h9-18,35-37,39H,5-8H2,1-4H3. The van der Waals surface area contributed by atoms with Crippen molar-refractivity contribution in [2.45, 2.75) is 64.7 Å². The predicted octanol–water partition coefficient (Wildman–Crippen LogP) is 6.61. The topological polar surface area (TPSA) is 85.8 Å². The van der Waals surface area contributed by atoms with Crippen LogP contribution in [0.2, 0.25) is 0 Å². The molecule has 0 atom stereocenters. The predicted molar refractivity (Wildman–Crippen MR) is 164 cm³/mol. The Morgan fingerprint density at radius 3 is 2.02 bits per heavy atom. The molecule has 0 saturated heterocycles. The molecule has 4 aromatic carbocycles. The summed E-state index contributed by atoms with van der Waals surface area (Å²) < 4.78 is 0. The number of aliphatic hydroxyl groups is 1. The molecular weight excluding hydrogens is 496 g/mol. The fourth-order valence-corrected chi connectivity index (χ4v) is 6.72. The molecular formula is C34H34N4O2. The Bertz CT molecular complexity index is 1910. The van der Waals surface area contributed by atoms with Gasteiger partial charge in [0.15, 0.2) is 0 Å². The number of benzene rings is 4. The van der Waals surface area contributed by atoms with Gasteiger partial charge in [-0.05, 0) is 48.6 Å². The smallest absolute Gasteiger partial charge is 0.201 e. The molecule has 0 amide bonds. The van der Waals surface area contributed by atoms with E-state index in [9.17, 15) is 9.90 Å². The Kier molecular flexibility index (Phi) is 5.30. The SMILES string of the molecule is CCC1(CC)N=c2c(=C3C(=O)C(c4ccc5cccc6c5c4NC(CC)(CC)N6)=C3O)ccc3cccc(c23)N1. The molecule has 0 unspecified atom stereocenters. The summed E-state index contributed by atoms with van der Waals surface area (Å²) in [6, 6.07) is 20.3. The number of rotatable bonds is 5. The number of hydrogen-bond donors (Lipinski definition) is 4. The Morgan fingerprint density at radius 1 is 0.725 bits per heavy atom. The maximum atomic E-state index is 14.0. The van der Waals surface area contributed by atoms with E-state index in [4.69, 9.17) is 4.99 Å². The molecule has 3 aliphatic rings. The zero-order valence-corrected chi connectivity index (χ0v) is 23.4. The van der Waals surface area contributed by atoms with Crippen molar-refractivity contribution >= 4 is 55.5 Å². The molecule has 4 aromatic rings. The number of carbonyl (C=O) groups is 1. The maximum absolute atomic E-state index is 14.0. The number of Topliss-reactive ketones (excluding diaryl/α,β-unsaturated/α-hetero) is 1. The van der Waals surface area contributed by atoms with Crippen molar-refractivity contribution in [3.8, 4) is 0 Å².